The van der Waals surface area contributed by atoms with E-state index in [9.17, 15) is 0 Å². The van der Waals surface area contributed by atoms with Gasteiger partial charge in [0.15, 0.2) is 0 Å². The summed E-state index contributed by atoms with van der Waals surface area (Å²) in [5.41, 5.74) is 6.76. The van der Waals surface area contributed by atoms with E-state index in [1.807, 2.05) is 36.4 Å². The smallest absolute Gasteiger partial charge is 0.127 e. The van der Waals surface area contributed by atoms with Gasteiger partial charge in [0, 0.05) is 11.1 Å². The molecule has 0 unspecified atom stereocenters. The highest BCUT2D eigenvalue weighted by molar-refractivity contribution is 6.30. The second kappa shape index (κ2) is 6.57. The largest absolute Gasteiger partial charge is 0.457 e. The van der Waals surface area contributed by atoms with Gasteiger partial charge < -0.3 is 15.6 Å². The van der Waals surface area contributed by atoms with Crippen LogP contribution in [0.5, 0.6) is 11.5 Å². The number of nitrogens with two attached hydrogens (primary N) is 1. The summed E-state index contributed by atoms with van der Waals surface area (Å²) in [6.07, 6.45) is 0.651. The first-order chi connectivity index (χ1) is 9.17. The number of rotatable bonds is 5. The van der Waals surface area contributed by atoms with Crippen molar-refractivity contribution in [1.82, 2.24) is 0 Å². The summed E-state index contributed by atoms with van der Waals surface area (Å²) in [5.74, 6) is 1.49. The molecule has 3 N–H and O–H groups in total. The molecule has 0 amide bonds. The first-order valence-electron chi connectivity index (χ1n) is 6.06. The number of hydrogen-bond acceptors (Lipinski definition) is 3. The number of hydrogen-bond donors (Lipinski definition) is 2. The molecule has 0 aliphatic heterocycles. The molecule has 0 aliphatic rings. The molecule has 19 heavy (non-hydrogen) atoms. The molecule has 0 fully saturated rings. The Kier molecular flexibility index (Phi) is 4.80. The Morgan fingerprint density at radius 2 is 1.53 bits per heavy atom. The molecule has 4 heteroatoms. The van der Waals surface area contributed by atoms with Gasteiger partial charge >= 0.3 is 0 Å². The van der Waals surface area contributed by atoms with Gasteiger partial charge in [-0.05, 0) is 48.4 Å². The first kappa shape index (κ1) is 13.9. The van der Waals surface area contributed by atoms with E-state index in [2.05, 4.69) is 0 Å². The highest BCUT2D eigenvalue weighted by Gasteiger charge is 2.03. The molecule has 0 radical (unpaired) electrons. The molecule has 0 spiro atoms. The Morgan fingerprint density at radius 1 is 1.00 bits per heavy atom. The van der Waals surface area contributed by atoms with Crippen molar-refractivity contribution in [2.45, 2.75) is 12.5 Å². The van der Waals surface area contributed by atoms with Gasteiger partial charge in [0.2, 0.25) is 0 Å². The van der Waals surface area contributed by atoms with E-state index in [4.69, 9.17) is 27.2 Å². The van der Waals surface area contributed by atoms with Crippen molar-refractivity contribution in [2.75, 3.05) is 6.61 Å². The van der Waals surface area contributed by atoms with E-state index in [0.717, 1.165) is 17.1 Å². The number of halogens is 1. The molecule has 2 rings (SSSR count). The van der Waals surface area contributed by atoms with Crippen molar-refractivity contribution in [1.29, 1.82) is 0 Å². The second-order valence-electron chi connectivity index (χ2n) is 4.35. The molecule has 2 aromatic rings. The standard InChI is InChI=1S/C15H16ClNO2/c16-12-3-7-15(8-4-12)19-14-5-1-11(2-6-14)9-13(17)10-18/h1-8,13,18H,9-10,17H2/t13-/m0/s1. The lowest BCUT2D eigenvalue weighted by atomic mass is 10.1. The van der Waals surface area contributed by atoms with Gasteiger partial charge in [-0.1, -0.05) is 23.7 Å². The van der Waals surface area contributed by atoms with Crippen LogP contribution in [0.15, 0.2) is 48.5 Å². The summed E-state index contributed by atoms with van der Waals surface area (Å²) in [5, 5.41) is 9.59. The molecule has 0 heterocycles. The van der Waals surface area contributed by atoms with Crippen molar-refractivity contribution in [2.24, 2.45) is 5.73 Å². The van der Waals surface area contributed by atoms with E-state index in [-0.39, 0.29) is 12.6 Å². The number of aliphatic hydroxyl groups is 1. The average Bonchev–Trinajstić information content (AvgIpc) is 2.43. The van der Waals surface area contributed by atoms with Crippen LogP contribution in [0, 0.1) is 0 Å². The van der Waals surface area contributed by atoms with Gasteiger partial charge in [-0.15, -0.1) is 0 Å². The highest BCUT2D eigenvalue weighted by atomic mass is 35.5. The Morgan fingerprint density at radius 3 is 2.05 bits per heavy atom. The van der Waals surface area contributed by atoms with Crippen LogP contribution >= 0.6 is 11.6 Å². The highest BCUT2D eigenvalue weighted by Crippen LogP contribution is 2.23. The van der Waals surface area contributed by atoms with E-state index in [1.165, 1.54) is 0 Å². The fourth-order valence-corrected chi connectivity index (χ4v) is 1.83. The number of benzene rings is 2. The molecule has 3 nitrogen and oxygen atoms in total. The van der Waals surface area contributed by atoms with Crippen molar-refractivity contribution >= 4 is 11.6 Å². The normalized spacial score (nSPS) is 12.2. The molecule has 1 atom stereocenters. The zero-order valence-corrected chi connectivity index (χ0v) is 11.2. The van der Waals surface area contributed by atoms with Gasteiger partial charge in [0.1, 0.15) is 11.5 Å². The molecule has 0 aliphatic carbocycles. The van der Waals surface area contributed by atoms with Crippen LogP contribution in [0.1, 0.15) is 5.56 Å². The van der Waals surface area contributed by atoms with Crippen molar-refractivity contribution in [3.63, 3.8) is 0 Å². The van der Waals surface area contributed by atoms with Gasteiger partial charge in [-0.25, -0.2) is 0 Å². The van der Waals surface area contributed by atoms with E-state index < -0.39 is 0 Å². The minimum Gasteiger partial charge on any atom is -0.457 e. The quantitative estimate of drug-likeness (QED) is 0.883. The summed E-state index contributed by atoms with van der Waals surface area (Å²) in [6.45, 7) is -0.0109. The predicted molar refractivity (Wildman–Crippen MR) is 76.7 cm³/mol. The van der Waals surface area contributed by atoms with Crippen LogP contribution in [0.2, 0.25) is 5.02 Å². The Hall–Kier alpha value is -1.55. The maximum Gasteiger partial charge on any atom is 0.127 e. The third kappa shape index (κ3) is 4.24. The Balaban J connectivity index is 2.00. The summed E-state index contributed by atoms with van der Waals surface area (Å²) < 4.78 is 5.68. The van der Waals surface area contributed by atoms with Gasteiger partial charge in [-0.3, -0.25) is 0 Å². The fraction of sp³-hybridized carbons (Fsp3) is 0.200. The van der Waals surface area contributed by atoms with Crippen molar-refractivity contribution < 1.29 is 9.84 Å². The molecule has 0 bridgehead atoms. The van der Waals surface area contributed by atoms with Crippen LogP contribution in [-0.4, -0.2) is 17.8 Å². The first-order valence-corrected chi connectivity index (χ1v) is 6.44. The van der Waals surface area contributed by atoms with Gasteiger partial charge in [-0.2, -0.15) is 0 Å². The second-order valence-corrected chi connectivity index (χ2v) is 4.78. The maximum atomic E-state index is 8.91. The topological polar surface area (TPSA) is 55.5 Å². The lowest BCUT2D eigenvalue weighted by Crippen LogP contribution is -2.26. The summed E-state index contributed by atoms with van der Waals surface area (Å²) in [4.78, 5) is 0. The summed E-state index contributed by atoms with van der Waals surface area (Å²) in [7, 11) is 0. The zero-order valence-electron chi connectivity index (χ0n) is 10.4. The molecular weight excluding hydrogens is 262 g/mol. The molecule has 2 aromatic carbocycles. The minimum absolute atomic E-state index is 0.0109. The monoisotopic (exact) mass is 277 g/mol. The zero-order chi connectivity index (χ0) is 13.7. The van der Waals surface area contributed by atoms with Crippen LogP contribution in [0.3, 0.4) is 0 Å². The Labute approximate surface area is 117 Å². The SMILES string of the molecule is N[C@H](CO)Cc1ccc(Oc2ccc(Cl)cc2)cc1. The van der Waals surface area contributed by atoms with Crippen LogP contribution in [0.4, 0.5) is 0 Å². The predicted octanol–water partition coefficient (Wildman–Crippen LogP) is 2.99. The van der Waals surface area contributed by atoms with Crippen LogP contribution < -0.4 is 10.5 Å². The molecule has 0 aromatic heterocycles. The minimum atomic E-state index is -0.219. The third-order valence-corrected chi connectivity index (χ3v) is 2.96. The van der Waals surface area contributed by atoms with Gasteiger partial charge in [0.05, 0.1) is 6.61 Å². The van der Waals surface area contributed by atoms with Crippen molar-refractivity contribution in [3.8, 4) is 11.5 Å². The average molecular weight is 278 g/mol. The van der Waals surface area contributed by atoms with Crippen molar-refractivity contribution in [3.05, 3.63) is 59.1 Å². The van der Waals surface area contributed by atoms with E-state index in [0.29, 0.717) is 11.4 Å². The van der Waals surface area contributed by atoms with E-state index in [1.54, 1.807) is 12.1 Å². The molecule has 0 saturated heterocycles. The summed E-state index contributed by atoms with van der Waals surface area (Å²) in [6, 6.07) is 14.6. The fourth-order valence-electron chi connectivity index (χ4n) is 1.70. The molecular formula is C15H16ClNO2. The lowest BCUT2D eigenvalue weighted by molar-refractivity contribution is 0.265. The van der Waals surface area contributed by atoms with Crippen LogP contribution in [0.25, 0.3) is 0 Å². The maximum absolute atomic E-state index is 8.91. The Bertz CT molecular complexity index is 511. The van der Waals surface area contributed by atoms with Crippen LogP contribution in [-0.2, 0) is 6.42 Å². The molecule has 100 valence electrons. The third-order valence-electron chi connectivity index (χ3n) is 2.71. The number of ether oxygens (including phenoxy) is 1. The lowest BCUT2D eigenvalue weighted by Gasteiger charge is -2.09. The summed E-state index contributed by atoms with van der Waals surface area (Å²) >= 11 is 5.81. The van der Waals surface area contributed by atoms with E-state index >= 15 is 0 Å². The van der Waals surface area contributed by atoms with Gasteiger partial charge in [0.25, 0.3) is 0 Å². The number of aliphatic hydroxyl groups excluding tert-OH is 1. The molecule has 0 saturated carbocycles.